The molecule has 1 amide bonds. The van der Waals surface area contributed by atoms with Gasteiger partial charge < -0.3 is 5.73 Å². The van der Waals surface area contributed by atoms with E-state index in [0.717, 1.165) is 28.2 Å². The smallest absolute Gasteiger partial charge is 0.285 e. The van der Waals surface area contributed by atoms with Crippen LogP contribution in [0.15, 0.2) is 42.6 Å². The van der Waals surface area contributed by atoms with E-state index in [1.807, 2.05) is 57.2 Å². The first-order valence-electron chi connectivity index (χ1n) is 7.86. The SMILES string of the molecule is Cc1cccc(C#Cc2nc(C(N)=O)n(-c3ccc(C)nc3)c2C)c1. The van der Waals surface area contributed by atoms with Crippen LogP contribution in [0.25, 0.3) is 5.69 Å². The number of aromatic nitrogens is 3. The number of rotatable bonds is 2. The number of hydrogen-bond donors (Lipinski definition) is 1. The zero-order valence-corrected chi connectivity index (χ0v) is 14.4. The van der Waals surface area contributed by atoms with Crippen molar-refractivity contribution >= 4 is 5.91 Å². The van der Waals surface area contributed by atoms with Gasteiger partial charge in [-0.3, -0.25) is 14.3 Å². The lowest BCUT2D eigenvalue weighted by atomic mass is 10.1. The molecule has 0 radical (unpaired) electrons. The fraction of sp³-hybridized carbons (Fsp3) is 0.150. The van der Waals surface area contributed by atoms with Crippen LogP contribution in [-0.2, 0) is 0 Å². The van der Waals surface area contributed by atoms with Crippen molar-refractivity contribution in [3.8, 4) is 17.5 Å². The Morgan fingerprint density at radius 3 is 2.56 bits per heavy atom. The first-order valence-corrected chi connectivity index (χ1v) is 7.86. The van der Waals surface area contributed by atoms with Crippen LogP contribution >= 0.6 is 0 Å². The predicted octanol–water partition coefficient (Wildman–Crippen LogP) is 2.69. The maximum Gasteiger partial charge on any atom is 0.285 e. The average Bonchev–Trinajstić information content (AvgIpc) is 2.91. The molecular formula is C20H18N4O. The molecule has 2 aromatic heterocycles. The quantitative estimate of drug-likeness (QED) is 0.734. The Bertz CT molecular complexity index is 1000. The number of carbonyl (C=O) groups is 1. The molecule has 2 N–H and O–H groups in total. The first kappa shape index (κ1) is 16.5. The minimum Gasteiger partial charge on any atom is -0.363 e. The van der Waals surface area contributed by atoms with E-state index in [2.05, 4.69) is 21.8 Å². The highest BCUT2D eigenvalue weighted by molar-refractivity contribution is 5.90. The van der Waals surface area contributed by atoms with Crippen molar-refractivity contribution < 1.29 is 4.79 Å². The highest BCUT2D eigenvalue weighted by atomic mass is 16.1. The van der Waals surface area contributed by atoms with E-state index in [0.29, 0.717) is 5.69 Å². The van der Waals surface area contributed by atoms with E-state index < -0.39 is 5.91 Å². The summed E-state index contributed by atoms with van der Waals surface area (Å²) in [6.45, 7) is 5.78. The maximum atomic E-state index is 11.8. The van der Waals surface area contributed by atoms with Gasteiger partial charge in [-0.2, -0.15) is 0 Å². The minimum absolute atomic E-state index is 0.150. The summed E-state index contributed by atoms with van der Waals surface area (Å²) in [5.74, 6) is 5.68. The third-order valence-corrected chi connectivity index (χ3v) is 3.83. The molecule has 5 nitrogen and oxygen atoms in total. The fourth-order valence-electron chi connectivity index (χ4n) is 2.55. The van der Waals surface area contributed by atoms with Crippen LogP contribution < -0.4 is 5.73 Å². The number of pyridine rings is 1. The number of imidazole rings is 1. The summed E-state index contributed by atoms with van der Waals surface area (Å²) in [4.78, 5) is 20.4. The lowest BCUT2D eigenvalue weighted by Crippen LogP contribution is -2.18. The molecule has 0 bridgehead atoms. The second-order valence-electron chi connectivity index (χ2n) is 5.85. The van der Waals surface area contributed by atoms with Gasteiger partial charge in [0.2, 0.25) is 5.82 Å². The van der Waals surface area contributed by atoms with Crippen molar-refractivity contribution in [2.75, 3.05) is 0 Å². The first-order chi connectivity index (χ1) is 12.0. The molecule has 0 saturated heterocycles. The zero-order valence-electron chi connectivity index (χ0n) is 14.4. The predicted molar refractivity (Wildman–Crippen MR) is 96.5 cm³/mol. The Morgan fingerprint density at radius 2 is 1.92 bits per heavy atom. The van der Waals surface area contributed by atoms with Crippen LogP contribution in [0.5, 0.6) is 0 Å². The van der Waals surface area contributed by atoms with Crippen molar-refractivity contribution in [2.24, 2.45) is 5.73 Å². The molecule has 0 aliphatic heterocycles. The molecule has 0 saturated carbocycles. The molecule has 0 spiro atoms. The Morgan fingerprint density at radius 1 is 1.12 bits per heavy atom. The lowest BCUT2D eigenvalue weighted by Gasteiger charge is -2.07. The van der Waals surface area contributed by atoms with Crippen molar-refractivity contribution in [1.82, 2.24) is 14.5 Å². The number of nitrogens with two attached hydrogens (primary N) is 1. The molecular weight excluding hydrogens is 312 g/mol. The zero-order chi connectivity index (χ0) is 18.0. The maximum absolute atomic E-state index is 11.8. The number of nitrogens with zero attached hydrogens (tertiary/aromatic N) is 3. The van der Waals surface area contributed by atoms with Crippen LogP contribution in [0.4, 0.5) is 0 Å². The molecule has 124 valence electrons. The molecule has 3 rings (SSSR count). The van der Waals surface area contributed by atoms with Crippen LogP contribution in [-0.4, -0.2) is 20.4 Å². The van der Waals surface area contributed by atoms with Crippen molar-refractivity contribution in [1.29, 1.82) is 0 Å². The number of aryl methyl sites for hydroxylation is 2. The summed E-state index contributed by atoms with van der Waals surface area (Å²) >= 11 is 0. The van der Waals surface area contributed by atoms with Gasteiger partial charge in [-0.15, -0.1) is 0 Å². The molecule has 3 aromatic rings. The molecule has 5 heteroatoms. The van der Waals surface area contributed by atoms with Gasteiger partial charge in [0.1, 0.15) is 5.69 Å². The largest absolute Gasteiger partial charge is 0.363 e. The molecule has 25 heavy (non-hydrogen) atoms. The average molecular weight is 330 g/mol. The van der Waals surface area contributed by atoms with Gasteiger partial charge in [0.25, 0.3) is 5.91 Å². The summed E-state index contributed by atoms with van der Waals surface area (Å²) in [5, 5.41) is 0. The number of amides is 1. The van der Waals surface area contributed by atoms with Crippen LogP contribution in [0.1, 0.15) is 38.8 Å². The van der Waals surface area contributed by atoms with E-state index >= 15 is 0 Å². The normalized spacial score (nSPS) is 10.2. The standard InChI is InChI=1S/C20H18N4O/c1-13-5-4-6-16(11-13)8-10-18-15(3)24(20(23-18)19(21)25)17-9-7-14(2)22-12-17/h4-7,9,11-12H,1-3H3,(H2,21,25). The second kappa shape index (κ2) is 6.62. The summed E-state index contributed by atoms with van der Waals surface area (Å²) in [6.07, 6.45) is 1.69. The molecule has 2 heterocycles. The minimum atomic E-state index is -0.604. The van der Waals surface area contributed by atoms with Crippen molar-refractivity contribution in [2.45, 2.75) is 20.8 Å². The highest BCUT2D eigenvalue weighted by Gasteiger charge is 2.18. The van der Waals surface area contributed by atoms with E-state index in [1.165, 1.54) is 0 Å². The number of hydrogen-bond acceptors (Lipinski definition) is 3. The van der Waals surface area contributed by atoms with Gasteiger partial charge in [-0.25, -0.2) is 4.98 Å². The Labute approximate surface area is 146 Å². The number of benzene rings is 1. The van der Waals surface area contributed by atoms with Gasteiger partial charge in [0.05, 0.1) is 17.6 Å². The van der Waals surface area contributed by atoms with Gasteiger partial charge in [-0.1, -0.05) is 18.1 Å². The van der Waals surface area contributed by atoms with E-state index in [9.17, 15) is 4.79 Å². The lowest BCUT2D eigenvalue weighted by molar-refractivity contribution is 0.0988. The fourth-order valence-corrected chi connectivity index (χ4v) is 2.55. The molecule has 1 aromatic carbocycles. The van der Waals surface area contributed by atoms with Crippen molar-refractivity contribution in [3.63, 3.8) is 0 Å². The van der Waals surface area contributed by atoms with E-state index in [4.69, 9.17) is 5.73 Å². The topological polar surface area (TPSA) is 73.8 Å². The third kappa shape index (κ3) is 3.43. The summed E-state index contributed by atoms with van der Waals surface area (Å²) in [5.41, 5.74) is 10.4. The Hall–Kier alpha value is -3.39. The summed E-state index contributed by atoms with van der Waals surface area (Å²) in [6, 6.07) is 11.7. The monoisotopic (exact) mass is 330 g/mol. The Kier molecular flexibility index (Phi) is 4.36. The van der Waals surface area contributed by atoms with E-state index in [-0.39, 0.29) is 5.82 Å². The number of carbonyl (C=O) groups excluding carboxylic acids is 1. The number of primary amides is 1. The third-order valence-electron chi connectivity index (χ3n) is 3.83. The van der Waals surface area contributed by atoms with Gasteiger partial charge in [0, 0.05) is 11.3 Å². The molecule has 0 aliphatic rings. The molecule has 0 unspecified atom stereocenters. The van der Waals surface area contributed by atoms with Crippen LogP contribution in [0, 0.1) is 32.6 Å². The van der Waals surface area contributed by atoms with E-state index in [1.54, 1.807) is 10.8 Å². The second-order valence-corrected chi connectivity index (χ2v) is 5.85. The van der Waals surface area contributed by atoms with Crippen molar-refractivity contribution in [3.05, 3.63) is 76.6 Å². The molecule has 0 fully saturated rings. The molecule has 0 aliphatic carbocycles. The Balaban J connectivity index is 2.10. The molecule has 0 atom stereocenters. The van der Waals surface area contributed by atoms with Gasteiger partial charge in [-0.05, 0) is 56.5 Å². The summed E-state index contributed by atoms with van der Waals surface area (Å²) in [7, 11) is 0. The van der Waals surface area contributed by atoms with Crippen LogP contribution in [0.2, 0.25) is 0 Å². The summed E-state index contributed by atoms with van der Waals surface area (Å²) < 4.78 is 1.69. The van der Waals surface area contributed by atoms with Gasteiger partial charge >= 0.3 is 0 Å². The highest BCUT2D eigenvalue weighted by Crippen LogP contribution is 2.17. The van der Waals surface area contributed by atoms with Gasteiger partial charge in [0.15, 0.2) is 0 Å². The van der Waals surface area contributed by atoms with Crippen LogP contribution in [0.3, 0.4) is 0 Å².